The van der Waals surface area contributed by atoms with E-state index in [2.05, 4.69) is 10.6 Å². The number of benzene rings is 2. The molecule has 4 atom stereocenters. The molecule has 4 N–H and O–H groups in total. The molecule has 6 heteroatoms. The number of carbonyl (C=O) groups is 2. The minimum absolute atomic E-state index is 0.0419. The number of carbonyl (C=O) groups excluding carboxylic acids is 2. The molecule has 2 aromatic rings. The van der Waals surface area contributed by atoms with Gasteiger partial charge in [0.1, 0.15) is 6.61 Å². The van der Waals surface area contributed by atoms with Gasteiger partial charge in [0.2, 0.25) is 5.91 Å². The van der Waals surface area contributed by atoms with Crippen molar-refractivity contribution in [1.82, 2.24) is 5.32 Å². The monoisotopic (exact) mass is 393 g/mol. The van der Waals surface area contributed by atoms with E-state index in [0.29, 0.717) is 18.4 Å². The van der Waals surface area contributed by atoms with Gasteiger partial charge in [0.05, 0.1) is 5.92 Å². The molecule has 0 aromatic heterocycles. The van der Waals surface area contributed by atoms with E-state index in [1.807, 2.05) is 54.6 Å². The van der Waals surface area contributed by atoms with Crippen molar-refractivity contribution < 1.29 is 14.3 Å². The smallest absolute Gasteiger partial charge is 0.407 e. The minimum atomic E-state index is -0.464. The molecule has 2 aliphatic rings. The normalized spacial score (nSPS) is 24.9. The van der Waals surface area contributed by atoms with Crippen molar-refractivity contribution >= 4 is 17.7 Å². The van der Waals surface area contributed by atoms with Gasteiger partial charge in [-0.15, -0.1) is 0 Å². The quantitative estimate of drug-likeness (QED) is 0.701. The molecule has 0 saturated heterocycles. The molecule has 0 aliphatic heterocycles. The summed E-state index contributed by atoms with van der Waals surface area (Å²) < 4.78 is 5.38. The number of anilines is 1. The molecule has 0 spiro atoms. The fourth-order valence-corrected chi connectivity index (χ4v) is 4.78. The molecular weight excluding hydrogens is 366 g/mol. The van der Waals surface area contributed by atoms with Crippen LogP contribution in [-0.2, 0) is 22.7 Å². The Morgan fingerprint density at radius 1 is 1.00 bits per heavy atom. The van der Waals surface area contributed by atoms with Crippen molar-refractivity contribution in [3.05, 3.63) is 65.7 Å². The highest BCUT2D eigenvalue weighted by Gasteiger charge is 2.51. The minimum Gasteiger partial charge on any atom is -0.445 e. The van der Waals surface area contributed by atoms with Crippen LogP contribution >= 0.6 is 0 Å². The first-order valence-corrected chi connectivity index (χ1v) is 10.2. The van der Waals surface area contributed by atoms with Gasteiger partial charge in [-0.2, -0.15) is 0 Å². The first-order valence-electron chi connectivity index (χ1n) is 10.2. The molecule has 2 bridgehead atoms. The van der Waals surface area contributed by atoms with Crippen LogP contribution in [0, 0.1) is 17.8 Å². The summed E-state index contributed by atoms with van der Waals surface area (Å²) in [4.78, 5) is 25.4. The average molecular weight is 393 g/mol. The topological polar surface area (TPSA) is 93.5 Å². The SMILES string of the molecule is NCc1cccc(NC(=O)[C@H]2[C@@H]3CC[C@@H](C3)[C@H]2NC(=O)OCc2ccccc2)c1. The Morgan fingerprint density at radius 2 is 1.76 bits per heavy atom. The zero-order chi connectivity index (χ0) is 20.2. The number of fused-ring (bicyclic) bond motifs is 2. The van der Waals surface area contributed by atoms with Gasteiger partial charge in [-0.3, -0.25) is 4.79 Å². The number of hydrogen-bond acceptors (Lipinski definition) is 4. The second kappa shape index (κ2) is 8.66. The number of nitrogens with two attached hydrogens (primary N) is 1. The van der Waals surface area contributed by atoms with Crippen LogP contribution in [0.5, 0.6) is 0 Å². The Hall–Kier alpha value is -2.86. The molecular formula is C23H27N3O3. The lowest BCUT2D eigenvalue weighted by atomic mass is 9.83. The summed E-state index contributed by atoms with van der Waals surface area (Å²) in [5, 5.41) is 6.00. The predicted octanol–water partition coefficient (Wildman–Crippen LogP) is 3.42. The summed E-state index contributed by atoms with van der Waals surface area (Å²) in [6.45, 7) is 0.644. The maximum Gasteiger partial charge on any atom is 0.407 e. The van der Waals surface area contributed by atoms with E-state index < -0.39 is 6.09 Å². The first kappa shape index (κ1) is 19.5. The summed E-state index contributed by atoms with van der Waals surface area (Å²) in [7, 11) is 0. The average Bonchev–Trinajstić information content (AvgIpc) is 3.35. The van der Waals surface area contributed by atoms with Crippen molar-refractivity contribution in [1.29, 1.82) is 0 Å². The number of amides is 2. The fraction of sp³-hybridized carbons (Fsp3) is 0.391. The summed E-state index contributed by atoms with van der Waals surface area (Å²) in [6, 6.07) is 16.9. The number of hydrogen-bond donors (Lipinski definition) is 3. The van der Waals surface area contributed by atoms with Crippen molar-refractivity contribution in [2.45, 2.75) is 38.5 Å². The molecule has 2 amide bonds. The number of rotatable bonds is 6. The van der Waals surface area contributed by atoms with Gasteiger partial charge in [0, 0.05) is 18.3 Å². The second-order valence-electron chi connectivity index (χ2n) is 7.98. The number of nitrogens with one attached hydrogen (secondary N) is 2. The zero-order valence-corrected chi connectivity index (χ0v) is 16.3. The lowest BCUT2D eigenvalue weighted by molar-refractivity contribution is -0.122. The summed E-state index contributed by atoms with van der Waals surface area (Å²) in [6.07, 6.45) is 2.59. The Morgan fingerprint density at radius 3 is 2.55 bits per heavy atom. The first-order chi connectivity index (χ1) is 14.1. The zero-order valence-electron chi connectivity index (χ0n) is 16.3. The highest BCUT2D eigenvalue weighted by atomic mass is 16.5. The van der Waals surface area contributed by atoms with E-state index in [1.54, 1.807) is 0 Å². The number of alkyl carbamates (subject to hydrolysis) is 1. The Kier molecular flexibility index (Phi) is 5.81. The summed E-state index contributed by atoms with van der Waals surface area (Å²) in [5.74, 6) is 0.354. The molecule has 29 heavy (non-hydrogen) atoms. The van der Waals surface area contributed by atoms with Gasteiger partial charge in [-0.25, -0.2) is 4.79 Å². The van der Waals surface area contributed by atoms with E-state index in [9.17, 15) is 9.59 Å². The third kappa shape index (κ3) is 4.43. The van der Waals surface area contributed by atoms with Crippen LogP contribution in [-0.4, -0.2) is 18.0 Å². The largest absolute Gasteiger partial charge is 0.445 e. The fourth-order valence-electron chi connectivity index (χ4n) is 4.78. The summed E-state index contributed by atoms with van der Waals surface area (Å²) in [5.41, 5.74) is 8.34. The standard InChI is InChI=1S/C23H27N3O3/c24-13-16-7-4-8-19(11-16)25-22(27)20-17-9-10-18(12-17)21(20)26-23(28)29-14-15-5-2-1-3-6-15/h1-8,11,17-18,20-21H,9-10,12-14,24H2,(H,25,27)(H,26,28)/t17-,18+,20+,21-/m1/s1. The van der Waals surface area contributed by atoms with Crippen molar-refractivity contribution in [2.24, 2.45) is 23.5 Å². The van der Waals surface area contributed by atoms with Gasteiger partial charge in [0.15, 0.2) is 0 Å². The van der Waals surface area contributed by atoms with Crippen LogP contribution in [0.4, 0.5) is 10.5 Å². The molecule has 6 nitrogen and oxygen atoms in total. The third-order valence-electron chi connectivity index (χ3n) is 6.15. The van der Waals surface area contributed by atoms with Crippen LogP contribution in [0.1, 0.15) is 30.4 Å². The predicted molar refractivity (Wildman–Crippen MR) is 111 cm³/mol. The molecule has 0 unspecified atom stereocenters. The van der Waals surface area contributed by atoms with Gasteiger partial charge in [-0.1, -0.05) is 42.5 Å². The van der Waals surface area contributed by atoms with E-state index >= 15 is 0 Å². The Labute approximate surface area is 170 Å². The van der Waals surface area contributed by atoms with Crippen LogP contribution in [0.15, 0.2) is 54.6 Å². The third-order valence-corrected chi connectivity index (χ3v) is 6.15. The lowest BCUT2D eigenvalue weighted by Gasteiger charge is -2.30. The van der Waals surface area contributed by atoms with E-state index in [1.165, 1.54) is 0 Å². The van der Waals surface area contributed by atoms with E-state index in [0.717, 1.165) is 36.1 Å². The van der Waals surface area contributed by atoms with Gasteiger partial charge in [-0.05, 0) is 54.4 Å². The van der Waals surface area contributed by atoms with Crippen LogP contribution < -0.4 is 16.4 Å². The maximum absolute atomic E-state index is 13.0. The van der Waals surface area contributed by atoms with Crippen molar-refractivity contribution in [3.63, 3.8) is 0 Å². The molecule has 0 radical (unpaired) electrons. The van der Waals surface area contributed by atoms with E-state index in [4.69, 9.17) is 10.5 Å². The van der Waals surface area contributed by atoms with Gasteiger partial charge < -0.3 is 21.1 Å². The second-order valence-corrected chi connectivity index (χ2v) is 7.98. The van der Waals surface area contributed by atoms with Crippen LogP contribution in [0.25, 0.3) is 0 Å². The van der Waals surface area contributed by atoms with Crippen LogP contribution in [0.3, 0.4) is 0 Å². The van der Waals surface area contributed by atoms with Gasteiger partial charge in [0.25, 0.3) is 0 Å². The van der Waals surface area contributed by atoms with Crippen molar-refractivity contribution in [3.8, 4) is 0 Å². The Bertz CT molecular complexity index is 871. The molecule has 152 valence electrons. The summed E-state index contributed by atoms with van der Waals surface area (Å²) >= 11 is 0. The molecule has 0 heterocycles. The highest BCUT2D eigenvalue weighted by Crippen LogP contribution is 2.49. The number of ether oxygens (including phenoxy) is 1. The molecule has 2 aliphatic carbocycles. The van der Waals surface area contributed by atoms with Crippen molar-refractivity contribution in [2.75, 3.05) is 5.32 Å². The molecule has 2 aromatic carbocycles. The van der Waals surface area contributed by atoms with Gasteiger partial charge >= 0.3 is 6.09 Å². The highest BCUT2D eigenvalue weighted by molar-refractivity contribution is 5.94. The molecule has 2 fully saturated rings. The molecule has 2 saturated carbocycles. The maximum atomic E-state index is 13.0. The molecule has 4 rings (SSSR count). The Balaban J connectivity index is 1.39. The van der Waals surface area contributed by atoms with E-state index in [-0.39, 0.29) is 24.5 Å². The lowest BCUT2D eigenvalue weighted by Crippen LogP contribution is -2.48. The van der Waals surface area contributed by atoms with Crippen LogP contribution in [0.2, 0.25) is 0 Å².